The number of carbonyl (C=O) groups is 1. The summed E-state index contributed by atoms with van der Waals surface area (Å²) in [4.78, 5) is 50.8. The van der Waals surface area contributed by atoms with E-state index < -0.39 is 28.7 Å². The minimum absolute atomic E-state index is 0.0434. The first kappa shape index (κ1) is 30.7. The van der Waals surface area contributed by atoms with Gasteiger partial charge in [-0.05, 0) is 71.2 Å². The van der Waals surface area contributed by atoms with Crippen molar-refractivity contribution in [2.75, 3.05) is 31.6 Å². The monoisotopic (exact) mass is 611 g/mol. The third-order valence-electron chi connectivity index (χ3n) is 7.96. The van der Waals surface area contributed by atoms with Crippen LogP contribution in [0.4, 0.5) is 9.39 Å². The van der Waals surface area contributed by atoms with Crippen LogP contribution in [0.3, 0.4) is 0 Å². The molecule has 5 rings (SSSR count). The predicted octanol–water partition coefficient (Wildman–Crippen LogP) is 4.57. The Kier molecular flexibility index (Phi) is 8.62. The number of nitrogens with zero attached hydrogens (tertiary/aromatic N) is 5. The van der Waals surface area contributed by atoms with Crippen molar-refractivity contribution in [1.82, 2.24) is 14.0 Å². The van der Waals surface area contributed by atoms with Crippen molar-refractivity contribution < 1.29 is 18.7 Å². The van der Waals surface area contributed by atoms with Crippen LogP contribution in [0, 0.1) is 12.7 Å². The van der Waals surface area contributed by atoms with E-state index >= 15 is 0 Å². The molecule has 0 saturated carbocycles. The number of benzene rings is 1. The summed E-state index contributed by atoms with van der Waals surface area (Å²) in [6.07, 6.45) is 5.92. The number of likely N-dealkylation sites (tertiary alicyclic amines) is 1. The van der Waals surface area contributed by atoms with Gasteiger partial charge < -0.3 is 19.3 Å². The topological polar surface area (TPSA) is 98.4 Å². The third-order valence-corrected chi connectivity index (χ3v) is 9.32. The predicted molar refractivity (Wildman–Crippen MR) is 167 cm³/mol. The molecule has 0 spiro atoms. The van der Waals surface area contributed by atoms with E-state index in [1.165, 1.54) is 41.2 Å². The number of hydrogen-bond donors (Lipinski definition) is 0. The molecular weight excluding hydrogens is 573 g/mol. The van der Waals surface area contributed by atoms with E-state index in [0.717, 1.165) is 22.4 Å². The Morgan fingerprint density at radius 3 is 2.53 bits per heavy atom. The van der Waals surface area contributed by atoms with Gasteiger partial charge in [-0.25, -0.2) is 13.8 Å². The molecule has 1 fully saturated rings. The lowest BCUT2D eigenvalue weighted by molar-refractivity contribution is -0.138. The normalized spacial score (nSPS) is 16.1. The van der Waals surface area contributed by atoms with Gasteiger partial charge in [0.15, 0.2) is 0 Å². The van der Waals surface area contributed by atoms with Gasteiger partial charge in [-0.1, -0.05) is 11.3 Å². The molecule has 2 aliphatic heterocycles. The largest absolute Gasteiger partial charge is 0.496 e. The number of carbonyl (C=O) groups excluding carboxylic acids is 1. The van der Waals surface area contributed by atoms with Crippen molar-refractivity contribution >= 4 is 38.7 Å². The molecule has 3 aromatic rings. The van der Waals surface area contributed by atoms with Crippen LogP contribution in [0.2, 0.25) is 0 Å². The number of fused-ring (bicyclic) bond motifs is 1. The van der Waals surface area contributed by atoms with E-state index in [1.807, 2.05) is 31.9 Å². The Bertz CT molecular complexity index is 1710. The first-order chi connectivity index (χ1) is 20.4. The first-order valence-corrected chi connectivity index (χ1v) is 15.3. The summed E-state index contributed by atoms with van der Waals surface area (Å²) >= 11 is 1.31. The second-order valence-electron chi connectivity index (χ2n) is 11.6. The van der Waals surface area contributed by atoms with Crippen molar-refractivity contribution in [3.8, 4) is 5.75 Å². The standard InChI is InChI=1S/C31H38FN5O5S/c1-19(2)42-24(22-17-21(32)9-10-23(22)41-6)18-36-28-25(20(3)27(43-28)34-15-11-33-12-16-34)26(38)37(30(36)40)31(4,5)29(39)35-13-7-8-14-35/h9-12,15,17,19,24H,7-8,13-14,16,18H2,1-6H3/t24-/m0/s1. The number of halogens is 1. The Hall–Kier alpha value is -3.77. The molecule has 0 unspecified atom stereocenters. The fraction of sp³-hybridized carbons (Fsp3) is 0.484. The summed E-state index contributed by atoms with van der Waals surface area (Å²) in [5.41, 5.74) is -1.47. The number of aryl methyl sites for hydroxylation is 1. The molecule has 0 N–H and O–H groups in total. The SMILES string of the molecule is COc1ccc(F)cc1[C@H](Cn1c(=O)n(C(C)(C)C(=O)N2CCCC2)c(=O)c2c(C)c(N3C=CN=CC3)sc21)OC(C)C. The molecule has 10 nitrogen and oxygen atoms in total. The highest BCUT2D eigenvalue weighted by atomic mass is 32.1. The summed E-state index contributed by atoms with van der Waals surface area (Å²) < 4.78 is 28.9. The summed E-state index contributed by atoms with van der Waals surface area (Å²) in [7, 11) is 1.49. The lowest BCUT2D eigenvalue weighted by atomic mass is 10.0. The number of methoxy groups -OCH3 is 1. The van der Waals surface area contributed by atoms with Crippen LogP contribution < -0.4 is 20.9 Å². The van der Waals surface area contributed by atoms with Crippen LogP contribution in [0.25, 0.3) is 10.2 Å². The number of rotatable bonds is 9. The second-order valence-corrected chi connectivity index (χ2v) is 12.6. The third kappa shape index (κ3) is 5.65. The average Bonchev–Trinajstić information content (AvgIpc) is 3.63. The number of hydrogen-bond acceptors (Lipinski definition) is 8. The minimum atomic E-state index is -1.45. The molecular formula is C31H38FN5O5S. The minimum Gasteiger partial charge on any atom is -0.496 e. The first-order valence-electron chi connectivity index (χ1n) is 14.5. The number of ether oxygens (including phenoxy) is 2. The van der Waals surface area contributed by atoms with E-state index in [2.05, 4.69) is 4.99 Å². The number of thiophene rings is 1. The fourth-order valence-corrected chi connectivity index (χ4v) is 7.15. The summed E-state index contributed by atoms with van der Waals surface area (Å²) in [5.74, 6) is -0.337. The second kappa shape index (κ2) is 12.1. The number of anilines is 1. The maximum Gasteiger partial charge on any atom is 0.333 e. The van der Waals surface area contributed by atoms with Gasteiger partial charge in [-0.15, -0.1) is 0 Å². The van der Waals surface area contributed by atoms with Crippen LogP contribution >= 0.6 is 11.3 Å². The molecule has 12 heteroatoms. The lowest BCUT2D eigenvalue weighted by Gasteiger charge is -2.31. The van der Waals surface area contributed by atoms with Crippen molar-refractivity contribution in [2.24, 2.45) is 4.99 Å². The zero-order chi connectivity index (χ0) is 31.1. The molecule has 43 heavy (non-hydrogen) atoms. The molecule has 1 saturated heterocycles. The number of aromatic nitrogens is 2. The highest BCUT2D eigenvalue weighted by Crippen LogP contribution is 2.38. The Balaban J connectivity index is 1.77. The van der Waals surface area contributed by atoms with Gasteiger partial charge in [0.25, 0.3) is 5.56 Å². The van der Waals surface area contributed by atoms with E-state index in [-0.39, 0.29) is 18.6 Å². The lowest BCUT2D eigenvalue weighted by Crippen LogP contribution is -2.56. The fourth-order valence-electron chi connectivity index (χ4n) is 5.86. The maximum atomic E-state index is 14.5. The smallest absolute Gasteiger partial charge is 0.333 e. The van der Waals surface area contributed by atoms with Crippen molar-refractivity contribution in [1.29, 1.82) is 0 Å². The van der Waals surface area contributed by atoms with Crippen LogP contribution in [0.1, 0.15) is 57.8 Å². The van der Waals surface area contributed by atoms with Crippen LogP contribution in [-0.4, -0.2) is 59.0 Å². The molecule has 4 heterocycles. The molecule has 2 aliphatic rings. The molecule has 1 aromatic carbocycles. The van der Waals surface area contributed by atoms with Crippen molar-refractivity contribution in [3.05, 3.63) is 68.4 Å². The highest BCUT2D eigenvalue weighted by Gasteiger charge is 2.39. The zero-order valence-corrected chi connectivity index (χ0v) is 26.2. The van der Waals surface area contributed by atoms with Crippen molar-refractivity contribution in [2.45, 2.75) is 71.8 Å². The maximum absolute atomic E-state index is 14.5. The van der Waals surface area contributed by atoms with Gasteiger partial charge in [0.2, 0.25) is 5.91 Å². The molecule has 230 valence electrons. The molecule has 0 radical (unpaired) electrons. The molecule has 0 aliphatic carbocycles. The summed E-state index contributed by atoms with van der Waals surface area (Å²) in [6.45, 7) is 10.4. The Morgan fingerprint density at radius 2 is 1.91 bits per heavy atom. The van der Waals surface area contributed by atoms with Gasteiger partial charge in [-0.2, -0.15) is 0 Å². The van der Waals surface area contributed by atoms with E-state index in [1.54, 1.807) is 31.2 Å². The van der Waals surface area contributed by atoms with Gasteiger partial charge in [0, 0.05) is 37.3 Å². The molecule has 2 aromatic heterocycles. The molecule has 0 bridgehead atoms. The van der Waals surface area contributed by atoms with Crippen LogP contribution in [0.5, 0.6) is 5.75 Å². The van der Waals surface area contributed by atoms with E-state index in [9.17, 15) is 18.8 Å². The van der Waals surface area contributed by atoms with Crippen LogP contribution in [0.15, 0.2) is 45.2 Å². The zero-order valence-electron chi connectivity index (χ0n) is 25.4. The Morgan fingerprint density at radius 1 is 1.19 bits per heavy atom. The van der Waals surface area contributed by atoms with E-state index in [4.69, 9.17) is 9.47 Å². The summed E-state index contributed by atoms with van der Waals surface area (Å²) in [5, 5.41) is 1.14. The summed E-state index contributed by atoms with van der Waals surface area (Å²) in [6, 6.07) is 4.17. The van der Waals surface area contributed by atoms with Gasteiger partial charge in [0.1, 0.15) is 33.0 Å². The molecule has 1 amide bonds. The van der Waals surface area contributed by atoms with Gasteiger partial charge >= 0.3 is 5.69 Å². The quantitative estimate of drug-likeness (QED) is 0.352. The number of aliphatic imine (C=N–C) groups is 1. The van der Waals surface area contributed by atoms with Gasteiger partial charge in [0.05, 0.1) is 31.7 Å². The highest BCUT2D eigenvalue weighted by molar-refractivity contribution is 7.22. The van der Waals surface area contributed by atoms with Gasteiger partial charge in [-0.3, -0.25) is 19.1 Å². The number of amides is 1. The molecule has 1 atom stereocenters. The van der Waals surface area contributed by atoms with Crippen LogP contribution in [-0.2, 0) is 21.6 Å². The Labute approximate surface area is 253 Å². The van der Waals surface area contributed by atoms with Crippen molar-refractivity contribution in [3.63, 3.8) is 0 Å². The average molecular weight is 612 g/mol. The van der Waals surface area contributed by atoms with E-state index in [0.29, 0.717) is 46.7 Å².